The van der Waals surface area contributed by atoms with E-state index in [4.69, 9.17) is 0 Å². The number of hydrogen-bond acceptors (Lipinski definition) is 3. The summed E-state index contributed by atoms with van der Waals surface area (Å²) in [4.78, 5) is 13.7. The van der Waals surface area contributed by atoms with Crippen molar-refractivity contribution in [3.8, 4) is 0 Å². The molecule has 0 saturated carbocycles. The van der Waals surface area contributed by atoms with Gasteiger partial charge in [0.1, 0.15) is 5.54 Å². The average molecular weight is 256 g/mol. The van der Waals surface area contributed by atoms with Crippen LogP contribution >= 0.6 is 0 Å². The fourth-order valence-electron chi connectivity index (χ4n) is 2.92. The van der Waals surface area contributed by atoms with E-state index in [-0.39, 0.29) is 0 Å². The van der Waals surface area contributed by atoms with E-state index in [0.717, 1.165) is 19.0 Å². The Labute approximate surface area is 111 Å². The number of rotatable bonds is 7. The third kappa shape index (κ3) is 3.69. The molecule has 1 aliphatic heterocycles. The second-order valence-corrected chi connectivity index (χ2v) is 5.88. The molecule has 2 N–H and O–H groups in total. The molecule has 0 aromatic rings. The van der Waals surface area contributed by atoms with Crippen LogP contribution in [0.1, 0.15) is 46.5 Å². The van der Waals surface area contributed by atoms with Gasteiger partial charge in [-0.15, -0.1) is 0 Å². The van der Waals surface area contributed by atoms with E-state index in [1.165, 1.54) is 19.3 Å². The Morgan fingerprint density at radius 1 is 1.61 bits per heavy atom. The van der Waals surface area contributed by atoms with Crippen LogP contribution in [-0.2, 0) is 4.79 Å². The van der Waals surface area contributed by atoms with Gasteiger partial charge >= 0.3 is 5.97 Å². The van der Waals surface area contributed by atoms with Gasteiger partial charge < -0.3 is 15.3 Å². The summed E-state index contributed by atoms with van der Waals surface area (Å²) in [5.74, 6) is 0.0456. The molecule has 3 unspecified atom stereocenters. The second kappa shape index (κ2) is 6.53. The summed E-state index contributed by atoms with van der Waals surface area (Å²) in [6.07, 6.45) is 4.46. The van der Waals surface area contributed by atoms with Gasteiger partial charge in [0.25, 0.3) is 0 Å². The van der Waals surface area contributed by atoms with Crippen LogP contribution in [-0.4, -0.2) is 47.7 Å². The fraction of sp³-hybridized carbons (Fsp3) is 0.929. The zero-order valence-corrected chi connectivity index (χ0v) is 12.2. The number of nitrogens with zero attached hydrogens (tertiary/aromatic N) is 1. The molecule has 3 atom stereocenters. The third-order valence-corrected chi connectivity index (χ3v) is 4.36. The van der Waals surface area contributed by atoms with Gasteiger partial charge in [-0.1, -0.05) is 13.3 Å². The zero-order valence-electron chi connectivity index (χ0n) is 12.2. The summed E-state index contributed by atoms with van der Waals surface area (Å²) in [6.45, 7) is 8.40. The summed E-state index contributed by atoms with van der Waals surface area (Å²) in [5, 5.41) is 12.2. The minimum atomic E-state index is -0.817. The Kier molecular flexibility index (Phi) is 5.60. The monoisotopic (exact) mass is 256 g/mol. The molecule has 0 radical (unpaired) electrons. The Hall–Kier alpha value is -0.610. The molecule has 0 amide bonds. The first kappa shape index (κ1) is 15.4. The molecule has 18 heavy (non-hydrogen) atoms. The highest BCUT2D eigenvalue weighted by molar-refractivity contribution is 5.78. The fourth-order valence-corrected chi connectivity index (χ4v) is 2.92. The lowest BCUT2D eigenvalue weighted by Crippen LogP contribution is -2.51. The van der Waals surface area contributed by atoms with Gasteiger partial charge in [0.05, 0.1) is 0 Å². The molecule has 1 rings (SSSR count). The molecule has 0 spiro atoms. The maximum absolute atomic E-state index is 11.3. The van der Waals surface area contributed by atoms with E-state index in [1.54, 1.807) is 14.0 Å². The van der Waals surface area contributed by atoms with Gasteiger partial charge in [0, 0.05) is 12.6 Å². The molecule has 0 aromatic heterocycles. The smallest absolute Gasteiger partial charge is 0.323 e. The highest BCUT2D eigenvalue weighted by Gasteiger charge is 2.36. The Balaban J connectivity index is 2.51. The molecule has 1 saturated heterocycles. The molecule has 4 nitrogen and oxygen atoms in total. The average Bonchev–Trinajstić information content (AvgIpc) is 2.77. The molecule has 0 aromatic carbocycles. The number of likely N-dealkylation sites (N-methyl/N-ethyl adjacent to an activating group) is 1. The minimum Gasteiger partial charge on any atom is -0.480 e. The first-order valence-corrected chi connectivity index (χ1v) is 7.09. The van der Waals surface area contributed by atoms with E-state index in [1.807, 2.05) is 0 Å². The summed E-state index contributed by atoms with van der Waals surface area (Å²) >= 11 is 0. The molecule has 1 aliphatic rings. The highest BCUT2D eigenvalue weighted by atomic mass is 16.4. The third-order valence-electron chi connectivity index (χ3n) is 4.36. The lowest BCUT2D eigenvalue weighted by atomic mass is 9.93. The van der Waals surface area contributed by atoms with Gasteiger partial charge in [-0.25, -0.2) is 0 Å². The van der Waals surface area contributed by atoms with E-state index in [2.05, 4.69) is 24.1 Å². The molecule has 0 aliphatic carbocycles. The normalized spacial score (nSPS) is 25.9. The summed E-state index contributed by atoms with van der Waals surface area (Å²) in [5.41, 5.74) is -0.817. The SMILES string of the molecule is CCCC1CCN(C(C)CC(C)(NC)C(=O)O)C1. The van der Waals surface area contributed by atoms with Crippen LogP contribution in [0.25, 0.3) is 0 Å². The topological polar surface area (TPSA) is 52.6 Å². The van der Waals surface area contributed by atoms with Crippen molar-refractivity contribution in [1.82, 2.24) is 10.2 Å². The first-order chi connectivity index (χ1) is 8.42. The van der Waals surface area contributed by atoms with Gasteiger partial charge in [-0.05, 0) is 52.6 Å². The van der Waals surface area contributed by atoms with E-state index >= 15 is 0 Å². The number of carboxylic acids is 1. The molecule has 106 valence electrons. The van der Waals surface area contributed by atoms with Crippen molar-refractivity contribution >= 4 is 5.97 Å². The number of carboxylic acid groups (broad SMARTS) is 1. The van der Waals surface area contributed by atoms with E-state index in [9.17, 15) is 9.90 Å². The quantitative estimate of drug-likeness (QED) is 0.731. The van der Waals surface area contributed by atoms with Crippen LogP contribution in [0.3, 0.4) is 0 Å². The van der Waals surface area contributed by atoms with Crippen molar-refractivity contribution in [1.29, 1.82) is 0 Å². The number of hydrogen-bond donors (Lipinski definition) is 2. The highest BCUT2D eigenvalue weighted by Crippen LogP contribution is 2.25. The number of carbonyl (C=O) groups is 1. The van der Waals surface area contributed by atoms with Crippen molar-refractivity contribution in [2.75, 3.05) is 20.1 Å². The zero-order chi connectivity index (χ0) is 13.8. The van der Waals surface area contributed by atoms with Crippen molar-refractivity contribution in [3.05, 3.63) is 0 Å². The van der Waals surface area contributed by atoms with Crippen LogP contribution in [0.5, 0.6) is 0 Å². The van der Waals surface area contributed by atoms with Gasteiger partial charge in [0.15, 0.2) is 0 Å². The Morgan fingerprint density at radius 2 is 2.28 bits per heavy atom. The van der Waals surface area contributed by atoms with Gasteiger partial charge in [0.2, 0.25) is 0 Å². The maximum Gasteiger partial charge on any atom is 0.323 e. The number of likely N-dealkylation sites (tertiary alicyclic amines) is 1. The van der Waals surface area contributed by atoms with Crippen molar-refractivity contribution in [3.63, 3.8) is 0 Å². The maximum atomic E-state index is 11.3. The van der Waals surface area contributed by atoms with Gasteiger partial charge in [-0.3, -0.25) is 4.79 Å². The van der Waals surface area contributed by atoms with E-state index in [0.29, 0.717) is 12.5 Å². The van der Waals surface area contributed by atoms with Crippen LogP contribution in [0.4, 0.5) is 0 Å². The van der Waals surface area contributed by atoms with Crippen molar-refractivity contribution in [2.45, 2.75) is 58.0 Å². The second-order valence-electron chi connectivity index (χ2n) is 5.88. The Bertz CT molecular complexity index is 283. The standard InChI is InChI=1S/C14H28N2O2/c1-5-6-12-7-8-16(10-12)11(2)9-14(3,15-4)13(17)18/h11-12,15H,5-10H2,1-4H3,(H,17,18). The lowest BCUT2D eigenvalue weighted by molar-refractivity contribution is -0.144. The summed E-state index contributed by atoms with van der Waals surface area (Å²) in [6, 6.07) is 0.320. The number of aliphatic carboxylic acids is 1. The van der Waals surface area contributed by atoms with Crippen molar-refractivity contribution < 1.29 is 9.90 Å². The molecule has 1 fully saturated rings. The Morgan fingerprint density at radius 3 is 2.78 bits per heavy atom. The molecular formula is C14H28N2O2. The molecular weight excluding hydrogens is 228 g/mol. The minimum absolute atomic E-state index is 0.320. The van der Waals surface area contributed by atoms with Crippen LogP contribution in [0, 0.1) is 5.92 Å². The number of nitrogens with one attached hydrogen (secondary N) is 1. The predicted molar refractivity (Wildman–Crippen MR) is 73.8 cm³/mol. The summed E-state index contributed by atoms with van der Waals surface area (Å²) < 4.78 is 0. The van der Waals surface area contributed by atoms with Crippen LogP contribution in [0.2, 0.25) is 0 Å². The first-order valence-electron chi connectivity index (χ1n) is 7.09. The largest absolute Gasteiger partial charge is 0.480 e. The van der Waals surface area contributed by atoms with Crippen LogP contribution in [0.15, 0.2) is 0 Å². The van der Waals surface area contributed by atoms with Gasteiger partial charge in [-0.2, -0.15) is 0 Å². The molecule has 0 bridgehead atoms. The molecule has 4 heteroatoms. The van der Waals surface area contributed by atoms with Crippen molar-refractivity contribution in [2.24, 2.45) is 5.92 Å². The predicted octanol–water partition coefficient (Wildman–Crippen LogP) is 1.95. The lowest BCUT2D eigenvalue weighted by Gasteiger charge is -2.32. The van der Waals surface area contributed by atoms with Crippen LogP contribution < -0.4 is 5.32 Å². The molecule has 1 heterocycles. The van der Waals surface area contributed by atoms with E-state index < -0.39 is 11.5 Å². The summed E-state index contributed by atoms with van der Waals surface area (Å²) in [7, 11) is 1.73.